The number of aromatic nitrogens is 6. The number of fused-ring (bicyclic) bond motifs is 1. The smallest absolute Gasteiger partial charge is 0.434 e. The molecule has 0 bridgehead atoms. The van der Waals surface area contributed by atoms with E-state index in [4.69, 9.17) is 9.72 Å². The van der Waals surface area contributed by atoms with Gasteiger partial charge in [-0.2, -0.15) is 13.2 Å². The zero-order valence-corrected chi connectivity index (χ0v) is 21.1. The quantitative estimate of drug-likeness (QED) is 0.299. The molecule has 6 rings (SSSR count). The first-order valence-electron chi connectivity index (χ1n) is 12.3. The van der Waals surface area contributed by atoms with Crippen molar-refractivity contribution < 1.29 is 17.9 Å². The van der Waals surface area contributed by atoms with Crippen LogP contribution >= 0.6 is 0 Å². The molecule has 1 aromatic carbocycles. The molecular weight excluding hydrogens is 509 g/mol. The Morgan fingerprint density at radius 1 is 1.00 bits per heavy atom. The summed E-state index contributed by atoms with van der Waals surface area (Å²) < 4.78 is 47.7. The van der Waals surface area contributed by atoms with E-state index in [0.717, 1.165) is 41.2 Å². The molecule has 1 aliphatic rings. The molecule has 0 atom stereocenters. The lowest BCUT2D eigenvalue weighted by atomic mass is 10.1. The molecule has 8 nitrogen and oxygen atoms in total. The first-order chi connectivity index (χ1) is 18.7. The number of pyridine rings is 2. The summed E-state index contributed by atoms with van der Waals surface area (Å²) in [5.41, 5.74) is 2.87. The van der Waals surface area contributed by atoms with Gasteiger partial charge in [-0.15, -0.1) is 0 Å². The molecule has 1 aliphatic carbocycles. The van der Waals surface area contributed by atoms with Gasteiger partial charge in [0.2, 0.25) is 5.88 Å². The largest absolute Gasteiger partial charge is 0.480 e. The van der Waals surface area contributed by atoms with Gasteiger partial charge in [-0.3, -0.25) is 9.36 Å². The lowest BCUT2D eigenvalue weighted by Gasteiger charge is -2.14. The Kier molecular flexibility index (Phi) is 5.93. The predicted molar refractivity (Wildman–Crippen MR) is 138 cm³/mol. The Balaban J connectivity index is 1.38. The Morgan fingerprint density at radius 3 is 2.41 bits per heavy atom. The highest BCUT2D eigenvalue weighted by molar-refractivity contribution is 5.80. The monoisotopic (exact) mass is 532 g/mol. The SMILES string of the molecule is COc1ncnc(C2CC2)c1-c1ccc2ccc(=O)n(Cc3ccc(-c4nc(C(F)(F)F)cn4C)cc3)c2n1. The molecule has 5 aromatic rings. The number of alkyl halides is 3. The van der Waals surface area contributed by atoms with Gasteiger partial charge < -0.3 is 9.30 Å². The van der Waals surface area contributed by atoms with Crippen molar-refractivity contribution in [1.82, 2.24) is 29.1 Å². The lowest BCUT2D eigenvalue weighted by molar-refractivity contribution is -0.140. The molecule has 198 valence electrons. The number of imidazole rings is 1. The highest BCUT2D eigenvalue weighted by Crippen LogP contribution is 2.45. The van der Waals surface area contributed by atoms with E-state index in [0.29, 0.717) is 28.7 Å². The van der Waals surface area contributed by atoms with E-state index in [1.807, 2.05) is 12.1 Å². The van der Waals surface area contributed by atoms with Crippen LogP contribution in [0.25, 0.3) is 33.7 Å². The van der Waals surface area contributed by atoms with Gasteiger partial charge in [0.15, 0.2) is 5.69 Å². The van der Waals surface area contributed by atoms with E-state index in [9.17, 15) is 18.0 Å². The van der Waals surface area contributed by atoms with Crippen molar-refractivity contribution in [2.45, 2.75) is 31.5 Å². The van der Waals surface area contributed by atoms with Crippen LogP contribution < -0.4 is 10.3 Å². The number of hydrogen-bond donors (Lipinski definition) is 0. The Hall–Kier alpha value is -4.54. The second-order valence-corrected chi connectivity index (χ2v) is 9.54. The topological polar surface area (TPSA) is 87.7 Å². The van der Waals surface area contributed by atoms with E-state index < -0.39 is 11.9 Å². The van der Waals surface area contributed by atoms with Gasteiger partial charge in [-0.25, -0.2) is 19.9 Å². The summed E-state index contributed by atoms with van der Waals surface area (Å²) in [6.45, 7) is 0.221. The molecule has 0 saturated heterocycles. The van der Waals surface area contributed by atoms with E-state index in [-0.39, 0.29) is 17.9 Å². The van der Waals surface area contributed by atoms with Crippen molar-refractivity contribution in [3.05, 3.63) is 88.4 Å². The highest BCUT2D eigenvalue weighted by atomic mass is 19.4. The molecule has 11 heteroatoms. The van der Waals surface area contributed by atoms with Crippen LogP contribution in [0.1, 0.15) is 35.7 Å². The minimum atomic E-state index is -4.52. The summed E-state index contributed by atoms with van der Waals surface area (Å²) in [6.07, 6.45) is 0.0102. The summed E-state index contributed by atoms with van der Waals surface area (Å²) in [5, 5.41) is 0.784. The van der Waals surface area contributed by atoms with Crippen LogP contribution in [0.2, 0.25) is 0 Å². The average molecular weight is 533 g/mol. The maximum absolute atomic E-state index is 13.1. The molecule has 0 spiro atoms. The molecule has 0 aliphatic heterocycles. The van der Waals surface area contributed by atoms with Crippen LogP contribution in [0, 0.1) is 0 Å². The highest BCUT2D eigenvalue weighted by Gasteiger charge is 2.34. The number of rotatable bonds is 6. The maximum atomic E-state index is 13.1. The number of methoxy groups -OCH3 is 1. The van der Waals surface area contributed by atoms with Gasteiger partial charge >= 0.3 is 6.18 Å². The number of nitrogens with zero attached hydrogens (tertiary/aromatic N) is 6. The molecule has 4 heterocycles. The normalized spacial score (nSPS) is 13.7. The molecule has 0 unspecified atom stereocenters. The van der Waals surface area contributed by atoms with Crippen molar-refractivity contribution in [2.24, 2.45) is 7.05 Å². The summed E-state index contributed by atoms with van der Waals surface area (Å²) in [6, 6.07) is 13.9. The first kappa shape index (κ1) is 24.8. The van der Waals surface area contributed by atoms with Gasteiger partial charge in [0, 0.05) is 36.2 Å². The third-order valence-electron chi connectivity index (χ3n) is 6.81. The third-order valence-corrected chi connectivity index (χ3v) is 6.81. The number of halogens is 3. The minimum Gasteiger partial charge on any atom is -0.480 e. The van der Waals surface area contributed by atoms with Gasteiger partial charge in [0.05, 0.1) is 30.6 Å². The summed E-state index contributed by atoms with van der Waals surface area (Å²) in [4.78, 5) is 30.4. The minimum absolute atomic E-state index is 0.202. The third kappa shape index (κ3) is 4.64. The molecule has 1 saturated carbocycles. The number of ether oxygens (including phenoxy) is 1. The summed E-state index contributed by atoms with van der Waals surface area (Å²) in [5.74, 6) is 0.965. The predicted octanol–water partition coefficient (Wildman–Crippen LogP) is 5.21. The van der Waals surface area contributed by atoms with E-state index in [1.165, 1.54) is 24.0 Å². The molecular formula is C28H23F3N6O2. The molecule has 0 amide bonds. The molecule has 39 heavy (non-hydrogen) atoms. The van der Waals surface area contributed by atoms with Crippen LogP contribution in [0.5, 0.6) is 5.88 Å². The van der Waals surface area contributed by atoms with Crippen molar-refractivity contribution in [3.63, 3.8) is 0 Å². The van der Waals surface area contributed by atoms with Crippen LogP contribution in [0.3, 0.4) is 0 Å². The maximum Gasteiger partial charge on any atom is 0.434 e. The lowest BCUT2D eigenvalue weighted by Crippen LogP contribution is -2.21. The summed E-state index contributed by atoms with van der Waals surface area (Å²) in [7, 11) is 3.07. The van der Waals surface area contributed by atoms with E-state index in [2.05, 4.69) is 15.0 Å². The number of aryl methyl sites for hydroxylation is 1. The fraction of sp³-hybridized carbons (Fsp3) is 0.250. The van der Waals surface area contributed by atoms with Crippen LogP contribution in [-0.4, -0.2) is 36.2 Å². The number of hydrogen-bond acceptors (Lipinski definition) is 6. The van der Waals surface area contributed by atoms with Crippen molar-refractivity contribution in [2.75, 3.05) is 7.11 Å². The van der Waals surface area contributed by atoms with Crippen LogP contribution in [0.15, 0.2) is 65.8 Å². The Labute approximate surface area is 220 Å². The fourth-order valence-corrected chi connectivity index (χ4v) is 4.71. The average Bonchev–Trinajstić information content (AvgIpc) is 3.70. The fourth-order valence-electron chi connectivity index (χ4n) is 4.71. The van der Waals surface area contributed by atoms with Crippen LogP contribution in [-0.2, 0) is 19.8 Å². The second kappa shape index (κ2) is 9.33. The molecule has 1 fully saturated rings. The van der Waals surface area contributed by atoms with Gasteiger partial charge in [-0.1, -0.05) is 24.3 Å². The zero-order valence-electron chi connectivity index (χ0n) is 21.1. The van der Waals surface area contributed by atoms with E-state index >= 15 is 0 Å². The standard InChI is InChI=1S/C28H23F3N6O2/c1-36-14-21(28(29,30)31)35-25(36)18-5-3-16(4-6-18)13-37-22(38)12-10-19-9-11-20(34-26(19)37)23-24(17-7-8-17)32-15-33-27(23)39-2/h3-6,9-12,14-15,17H,7-8,13H2,1-2H3. The van der Waals surface area contributed by atoms with Crippen molar-refractivity contribution >= 4 is 11.0 Å². The van der Waals surface area contributed by atoms with Crippen molar-refractivity contribution in [3.8, 4) is 28.5 Å². The van der Waals surface area contributed by atoms with Crippen LogP contribution in [0.4, 0.5) is 13.2 Å². The Morgan fingerprint density at radius 2 is 1.74 bits per heavy atom. The first-order valence-corrected chi connectivity index (χ1v) is 12.3. The zero-order chi connectivity index (χ0) is 27.3. The summed E-state index contributed by atoms with van der Waals surface area (Å²) >= 11 is 0. The Bertz CT molecular complexity index is 1750. The van der Waals surface area contributed by atoms with E-state index in [1.54, 1.807) is 42.0 Å². The van der Waals surface area contributed by atoms with Gasteiger partial charge in [0.25, 0.3) is 5.56 Å². The van der Waals surface area contributed by atoms with Crippen molar-refractivity contribution in [1.29, 1.82) is 0 Å². The van der Waals surface area contributed by atoms with Gasteiger partial charge in [0.1, 0.15) is 17.8 Å². The molecule has 0 radical (unpaired) electrons. The van der Waals surface area contributed by atoms with Gasteiger partial charge in [-0.05, 0) is 36.6 Å². The number of benzene rings is 1. The molecule has 4 aromatic heterocycles. The second-order valence-electron chi connectivity index (χ2n) is 9.54. The molecule has 0 N–H and O–H groups in total.